The second-order valence-corrected chi connectivity index (χ2v) is 7.75. The molecule has 0 atom stereocenters. The summed E-state index contributed by atoms with van der Waals surface area (Å²) in [7, 11) is 0. The van der Waals surface area contributed by atoms with E-state index in [0.29, 0.717) is 0 Å². The number of unbranched alkanes of at least 4 members (excludes halogenated alkanes) is 1. The average Bonchev–Trinajstić information content (AvgIpc) is 2.78. The molecule has 5 nitrogen and oxygen atoms in total. The van der Waals surface area contributed by atoms with Crippen molar-refractivity contribution in [1.82, 2.24) is 19.8 Å². The lowest BCUT2D eigenvalue weighted by Gasteiger charge is -2.35. The van der Waals surface area contributed by atoms with Gasteiger partial charge in [-0.05, 0) is 43.7 Å². The van der Waals surface area contributed by atoms with Crippen LogP contribution in [0.15, 0.2) is 48.8 Å². The maximum Gasteiger partial charge on any atom is 0.254 e. The second kappa shape index (κ2) is 8.70. The summed E-state index contributed by atoms with van der Waals surface area (Å²) in [5.41, 5.74) is 4.51. The van der Waals surface area contributed by atoms with Crippen molar-refractivity contribution in [3.63, 3.8) is 0 Å². The van der Waals surface area contributed by atoms with Gasteiger partial charge in [-0.2, -0.15) is 0 Å². The molecular weight excluding hydrogens is 360 g/mol. The minimum Gasteiger partial charge on any atom is -0.336 e. The van der Waals surface area contributed by atoms with Gasteiger partial charge >= 0.3 is 0 Å². The molecule has 1 aromatic carbocycles. The number of para-hydroxylation sites is 1. The zero-order chi connectivity index (χ0) is 20.2. The van der Waals surface area contributed by atoms with Gasteiger partial charge in [0.1, 0.15) is 0 Å². The number of piperazine rings is 1. The number of aryl methyl sites for hydroxylation is 1. The summed E-state index contributed by atoms with van der Waals surface area (Å²) in [6.45, 7) is 8.85. The first-order valence-electron chi connectivity index (χ1n) is 10.5. The molecule has 0 radical (unpaired) electrons. The zero-order valence-corrected chi connectivity index (χ0v) is 17.3. The predicted octanol–water partition coefficient (Wildman–Crippen LogP) is 4.16. The summed E-state index contributed by atoms with van der Waals surface area (Å²) in [5.74, 6) is 0.105. The van der Waals surface area contributed by atoms with E-state index in [0.717, 1.165) is 66.0 Å². The first-order chi connectivity index (χ1) is 14.2. The molecule has 0 N–H and O–H groups in total. The second-order valence-electron chi connectivity index (χ2n) is 7.75. The molecule has 0 aliphatic carbocycles. The molecule has 2 aromatic heterocycles. The number of aromatic nitrogens is 2. The normalized spacial score (nSPS) is 15.0. The van der Waals surface area contributed by atoms with Gasteiger partial charge in [-0.15, -0.1) is 0 Å². The van der Waals surface area contributed by atoms with E-state index in [2.05, 4.69) is 16.8 Å². The van der Waals surface area contributed by atoms with Gasteiger partial charge in [0.05, 0.1) is 16.8 Å². The lowest BCUT2D eigenvalue weighted by molar-refractivity contribution is 0.0637. The van der Waals surface area contributed by atoms with Crippen molar-refractivity contribution < 1.29 is 4.79 Å². The lowest BCUT2D eigenvalue weighted by atomic mass is 10.0. The zero-order valence-electron chi connectivity index (χ0n) is 17.3. The Morgan fingerprint density at radius 3 is 2.55 bits per heavy atom. The number of carbonyl (C=O) groups excluding carboxylic acids is 1. The van der Waals surface area contributed by atoms with Crippen LogP contribution in [0.5, 0.6) is 0 Å². The third-order valence-corrected chi connectivity index (χ3v) is 5.74. The van der Waals surface area contributed by atoms with Crippen LogP contribution in [-0.4, -0.2) is 58.4 Å². The van der Waals surface area contributed by atoms with Gasteiger partial charge in [-0.25, -0.2) is 4.98 Å². The predicted molar refractivity (Wildman–Crippen MR) is 117 cm³/mol. The van der Waals surface area contributed by atoms with E-state index in [9.17, 15) is 4.79 Å². The largest absolute Gasteiger partial charge is 0.336 e. The van der Waals surface area contributed by atoms with Crippen molar-refractivity contribution in [2.45, 2.75) is 26.7 Å². The molecule has 5 heteroatoms. The number of fused-ring (bicyclic) bond motifs is 1. The number of rotatable bonds is 5. The van der Waals surface area contributed by atoms with Crippen molar-refractivity contribution in [1.29, 1.82) is 0 Å². The maximum atomic E-state index is 13.5. The Morgan fingerprint density at radius 2 is 1.83 bits per heavy atom. The van der Waals surface area contributed by atoms with E-state index >= 15 is 0 Å². The standard InChI is InChI=1S/C24H28N4O/c1-3-4-12-27-13-15-28(16-14-27)24(29)21-17-22(19-8-10-25-11-9-19)26-23-18(2)6-5-7-20(21)23/h5-11,17H,3-4,12-16H2,1-2H3. The molecule has 3 aromatic rings. The number of hydrogen-bond donors (Lipinski definition) is 0. The number of benzene rings is 1. The fourth-order valence-electron chi connectivity index (χ4n) is 3.97. The quantitative estimate of drug-likeness (QED) is 0.658. The minimum absolute atomic E-state index is 0.105. The molecule has 1 saturated heterocycles. The molecular formula is C24H28N4O. The molecule has 4 rings (SSSR count). The summed E-state index contributed by atoms with van der Waals surface area (Å²) in [5, 5.41) is 0.932. The van der Waals surface area contributed by atoms with Crippen LogP contribution in [0.2, 0.25) is 0 Å². The van der Waals surface area contributed by atoms with E-state index in [1.54, 1.807) is 12.4 Å². The van der Waals surface area contributed by atoms with Crippen LogP contribution in [0.4, 0.5) is 0 Å². The Hall–Kier alpha value is -2.79. The fourth-order valence-corrected chi connectivity index (χ4v) is 3.97. The highest BCUT2D eigenvalue weighted by molar-refractivity contribution is 6.07. The molecule has 1 aliphatic heterocycles. The Labute approximate surface area is 172 Å². The Balaban J connectivity index is 1.67. The van der Waals surface area contributed by atoms with Crippen LogP contribution in [0, 0.1) is 6.92 Å². The summed E-state index contributed by atoms with van der Waals surface area (Å²) < 4.78 is 0. The third-order valence-electron chi connectivity index (χ3n) is 5.74. The molecule has 1 aliphatic rings. The molecule has 150 valence electrons. The molecule has 0 saturated carbocycles. The topological polar surface area (TPSA) is 49.3 Å². The van der Waals surface area contributed by atoms with Crippen molar-refractivity contribution in [3.8, 4) is 11.3 Å². The van der Waals surface area contributed by atoms with E-state index in [4.69, 9.17) is 4.98 Å². The molecule has 29 heavy (non-hydrogen) atoms. The van der Waals surface area contributed by atoms with Crippen molar-refractivity contribution in [2.75, 3.05) is 32.7 Å². The van der Waals surface area contributed by atoms with Crippen molar-refractivity contribution >= 4 is 16.8 Å². The maximum absolute atomic E-state index is 13.5. The SMILES string of the molecule is CCCCN1CCN(C(=O)c2cc(-c3ccncc3)nc3c(C)cccc23)CC1. The molecule has 1 amide bonds. The summed E-state index contributed by atoms with van der Waals surface area (Å²) in [6.07, 6.45) is 5.95. The average molecular weight is 389 g/mol. The molecule has 1 fully saturated rings. The van der Waals surface area contributed by atoms with Gasteiger partial charge in [-0.3, -0.25) is 14.7 Å². The number of carbonyl (C=O) groups is 1. The van der Waals surface area contributed by atoms with Gasteiger partial charge in [-0.1, -0.05) is 31.5 Å². The first-order valence-corrected chi connectivity index (χ1v) is 10.5. The van der Waals surface area contributed by atoms with Crippen LogP contribution in [0.1, 0.15) is 35.7 Å². The summed E-state index contributed by atoms with van der Waals surface area (Å²) in [6, 6.07) is 11.9. The Morgan fingerprint density at radius 1 is 1.07 bits per heavy atom. The Bertz CT molecular complexity index is 994. The van der Waals surface area contributed by atoms with E-state index < -0.39 is 0 Å². The van der Waals surface area contributed by atoms with E-state index in [1.165, 1.54) is 12.8 Å². The summed E-state index contributed by atoms with van der Waals surface area (Å²) >= 11 is 0. The van der Waals surface area contributed by atoms with E-state index in [1.807, 2.05) is 48.2 Å². The minimum atomic E-state index is 0.105. The highest BCUT2D eigenvalue weighted by Crippen LogP contribution is 2.27. The Kier molecular flexibility index (Phi) is 5.86. The van der Waals surface area contributed by atoms with Crippen LogP contribution in [-0.2, 0) is 0 Å². The van der Waals surface area contributed by atoms with E-state index in [-0.39, 0.29) is 5.91 Å². The third kappa shape index (κ3) is 4.15. The monoisotopic (exact) mass is 388 g/mol. The lowest BCUT2D eigenvalue weighted by Crippen LogP contribution is -2.48. The number of amides is 1. The van der Waals surface area contributed by atoms with Crippen LogP contribution in [0.3, 0.4) is 0 Å². The van der Waals surface area contributed by atoms with Gasteiger partial charge in [0.15, 0.2) is 0 Å². The van der Waals surface area contributed by atoms with Crippen LogP contribution >= 0.6 is 0 Å². The van der Waals surface area contributed by atoms with Gasteiger partial charge < -0.3 is 4.90 Å². The van der Waals surface area contributed by atoms with Crippen molar-refractivity contribution in [3.05, 3.63) is 59.9 Å². The highest BCUT2D eigenvalue weighted by atomic mass is 16.2. The number of hydrogen-bond acceptors (Lipinski definition) is 4. The molecule has 0 bridgehead atoms. The van der Waals surface area contributed by atoms with Crippen LogP contribution < -0.4 is 0 Å². The molecule has 3 heterocycles. The molecule has 0 spiro atoms. The summed E-state index contributed by atoms with van der Waals surface area (Å²) in [4.78, 5) is 26.9. The van der Waals surface area contributed by atoms with Crippen molar-refractivity contribution in [2.24, 2.45) is 0 Å². The highest BCUT2D eigenvalue weighted by Gasteiger charge is 2.24. The first kappa shape index (κ1) is 19.5. The van der Waals surface area contributed by atoms with Gasteiger partial charge in [0.2, 0.25) is 0 Å². The fraction of sp³-hybridized carbons (Fsp3) is 0.375. The van der Waals surface area contributed by atoms with Crippen LogP contribution in [0.25, 0.3) is 22.2 Å². The molecule has 0 unspecified atom stereocenters. The number of nitrogens with zero attached hydrogens (tertiary/aromatic N) is 4. The smallest absolute Gasteiger partial charge is 0.254 e. The van der Waals surface area contributed by atoms with Gasteiger partial charge in [0.25, 0.3) is 5.91 Å². The van der Waals surface area contributed by atoms with Gasteiger partial charge in [0, 0.05) is 49.5 Å². The number of pyridine rings is 2.